The molecule has 1 N–H and O–H groups in total. The number of carbonyl (C=O) groups excluding carboxylic acids is 2. The highest BCUT2D eigenvalue weighted by atomic mass is 16.6. The van der Waals surface area contributed by atoms with Crippen LogP contribution in [0.1, 0.15) is 47.4 Å². The molecule has 210 valence electrons. The summed E-state index contributed by atoms with van der Waals surface area (Å²) in [6.07, 6.45) is 1.98. The van der Waals surface area contributed by atoms with Gasteiger partial charge in [0.1, 0.15) is 29.2 Å². The second-order valence-electron chi connectivity index (χ2n) is 9.32. The maximum atomic E-state index is 12.0. The van der Waals surface area contributed by atoms with Crippen LogP contribution in [0.4, 0.5) is 0 Å². The first-order valence-corrected chi connectivity index (χ1v) is 12.6. The number of benzene rings is 2. The van der Waals surface area contributed by atoms with Crippen LogP contribution in [-0.2, 0) is 18.9 Å². The zero-order chi connectivity index (χ0) is 28.0. The van der Waals surface area contributed by atoms with Gasteiger partial charge in [-0.2, -0.15) is 0 Å². The summed E-state index contributed by atoms with van der Waals surface area (Å²) < 4.78 is 30.2. The first kappa shape index (κ1) is 31.1. The smallest absolute Gasteiger partial charge is 0.341 e. The largest absolute Gasteiger partial charge is 0.496 e. The van der Waals surface area contributed by atoms with Crippen molar-refractivity contribution in [2.24, 2.45) is 10.8 Å². The lowest BCUT2D eigenvalue weighted by molar-refractivity contribution is -0.140. The van der Waals surface area contributed by atoms with Gasteiger partial charge in [0.2, 0.25) is 0 Å². The monoisotopic (exact) mass is 532 g/mol. The molecule has 0 radical (unpaired) electrons. The lowest BCUT2D eigenvalue weighted by Gasteiger charge is -2.39. The van der Waals surface area contributed by atoms with Crippen LogP contribution < -0.4 is 9.47 Å². The topological polar surface area (TPSA) is 110 Å². The quantitative estimate of drug-likeness (QED) is 0.476. The number of para-hydroxylation sites is 2. The lowest BCUT2D eigenvalue weighted by atomic mass is 9.84. The van der Waals surface area contributed by atoms with Crippen LogP contribution in [0.2, 0.25) is 0 Å². The molecule has 9 heteroatoms. The molecule has 2 aliphatic heterocycles. The highest BCUT2D eigenvalue weighted by Crippen LogP contribution is 2.32. The summed E-state index contributed by atoms with van der Waals surface area (Å²) in [5.41, 5.74) is 1.06. The van der Waals surface area contributed by atoms with Crippen LogP contribution in [0.15, 0.2) is 48.5 Å². The van der Waals surface area contributed by atoms with E-state index in [1.165, 1.54) is 14.2 Å². The number of ether oxygens (including phenoxy) is 6. The van der Waals surface area contributed by atoms with Crippen molar-refractivity contribution in [2.45, 2.75) is 26.7 Å². The SMILES string of the molecule is CCC1(CO)COC1.CCC1(COC(=O)c2ccccc2OC)COC1.COC(=O)c1ccccc1OC. The third kappa shape index (κ3) is 8.18. The van der Waals surface area contributed by atoms with E-state index in [1.807, 2.05) is 6.07 Å². The second-order valence-corrected chi connectivity index (χ2v) is 9.32. The molecule has 2 heterocycles. The minimum absolute atomic E-state index is 0.0116. The minimum Gasteiger partial charge on any atom is -0.496 e. The fourth-order valence-electron chi connectivity index (χ4n) is 3.61. The van der Waals surface area contributed by atoms with Gasteiger partial charge in [0.25, 0.3) is 0 Å². The number of methoxy groups -OCH3 is 3. The molecule has 4 rings (SSSR count). The maximum Gasteiger partial charge on any atom is 0.341 e. The van der Waals surface area contributed by atoms with Crippen molar-refractivity contribution in [2.75, 3.05) is 61.0 Å². The minimum atomic E-state index is -0.382. The second kappa shape index (κ2) is 15.3. The summed E-state index contributed by atoms with van der Waals surface area (Å²) in [6, 6.07) is 14.0. The standard InChI is InChI=1S/C14H18O4.C9H10O3.C6H12O2/c1-3-14(8-17-9-14)10-18-13(15)11-6-4-5-7-12(11)16-2;1-11-8-6-4-3-5-7(8)9(10)12-2;1-2-6(3-7)4-8-5-6/h4-7H,3,8-10H2,1-2H3;3-6H,1-2H3;7H,2-5H2,1H3. The van der Waals surface area contributed by atoms with Crippen LogP contribution >= 0.6 is 0 Å². The number of carbonyl (C=O) groups is 2. The van der Waals surface area contributed by atoms with Gasteiger partial charge in [-0.1, -0.05) is 38.1 Å². The van der Waals surface area contributed by atoms with E-state index >= 15 is 0 Å². The number of hydrogen-bond acceptors (Lipinski definition) is 9. The van der Waals surface area contributed by atoms with Gasteiger partial charge in [-0.15, -0.1) is 0 Å². The van der Waals surface area contributed by atoms with Gasteiger partial charge >= 0.3 is 11.9 Å². The van der Waals surface area contributed by atoms with Gasteiger partial charge in [-0.25, -0.2) is 9.59 Å². The first-order valence-electron chi connectivity index (χ1n) is 12.6. The van der Waals surface area contributed by atoms with Gasteiger partial charge in [0, 0.05) is 5.41 Å². The Hall–Kier alpha value is -3.14. The van der Waals surface area contributed by atoms with Crippen LogP contribution in [0, 0.1) is 10.8 Å². The Morgan fingerprint density at radius 3 is 1.53 bits per heavy atom. The van der Waals surface area contributed by atoms with Crippen molar-refractivity contribution in [1.82, 2.24) is 0 Å². The van der Waals surface area contributed by atoms with Crippen molar-refractivity contribution in [3.8, 4) is 11.5 Å². The molecule has 9 nitrogen and oxygen atoms in total. The average Bonchev–Trinajstić information content (AvgIpc) is 2.92. The van der Waals surface area contributed by atoms with Crippen molar-refractivity contribution in [3.63, 3.8) is 0 Å². The summed E-state index contributed by atoms with van der Waals surface area (Å²) >= 11 is 0. The van der Waals surface area contributed by atoms with Crippen LogP contribution in [0.25, 0.3) is 0 Å². The van der Waals surface area contributed by atoms with Gasteiger partial charge in [0.05, 0.1) is 59.8 Å². The number of hydrogen-bond donors (Lipinski definition) is 1. The molecule has 38 heavy (non-hydrogen) atoms. The molecular weight excluding hydrogens is 492 g/mol. The van der Waals surface area contributed by atoms with E-state index in [-0.39, 0.29) is 29.4 Å². The Morgan fingerprint density at radius 2 is 1.21 bits per heavy atom. The van der Waals surface area contributed by atoms with Crippen molar-refractivity contribution < 1.29 is 43.1 Å². The Bertz CT molecular complexity index is 994. The number of esters is 2. The van der Waals surface area contributed by atoms with E-state index in [4.69, 9.17) is 28.8 Å². The average molecular weight is 533 g/mol. The zero-order valence-corrected chi connectivity index (χ0v) is 23.0. The number of rotatable bonds is 9. The Morgan fingerprint density at radius 1 is 0.763 bits per heavy atom. The molecule has 0 unspecified atom stereocenters. The summed E-state index contributed by atoms with van der Waals surface area (Å²) in [7, 11) is 4.40. The fraction of sp³-hybridized carbons (Fsp3) is 0.517. The number of aliphatic hydroxyl groups excluding tert-OH is 1. The molecular formula is C29H40O9. The van der Waals surface area contributed by atoms with E-state index in [0.717, 1.165) is 26.1 Å². The third-order valence-corrected chi connectivity index (χ3v) is 6.82. The predicted molar refractivity (Wildman–Crippen MR) is 142 cm³/mol. The molecule has 0 aromatic heterocycles. The van der Waals surface area contributed by atoms with Crippen LogP contribution in [-0.4, -0.2) is 78.0 Å². The van der Waals surface area contributed by atoms with E-state index in [2.05, 4.69) is 18.6 Å². The lowest BCUT2D eigenvalue weighted by Crippen LogP contribution is -2.46. The molecule has 0 aliphatic carbocycles. The first-order chi connectivity index (χ1) is 18.3. The predicted octanol–water partition coefficient (Wildman–Crippen LogP) is 4.17. The Labute approximate surface area is 224 Å². The van der Waals surface area contributed by atoms with Crippen LogP contribution in [0.3, 0.4) is 0 Å². The molecule has 0 bridgehead atoms. The van der Waals surface area contributed by atoms with Gasteiger partial charge < -0.3 is 33.5 Å². The van der Waals surface area contributed by atoms with E-state index in [1.54, 1.807) is 49.6 Å². The van der Waals surface area contributed by atoms with Crippen molar-refractivity contribution >= 4 is 11.9 Å². The van der Waals surface area contributed by atoms with Gasteiger partial charge in [0.15, 0.2) is 0 Å². The molecule has 2 aromatic carbocycles. The molecule has 0 spiro atoms. The maximum absolute atomic E-state index is 12.0. The highest BCUT2D eigenvalue weighted by Gasteiger charge is 2.38. The van der Waals surface area contributed by atoms with Crippen molar-refractivity contribution in [3.05, 3.63) is 59.7 Å². The molecule has 2 aromatic rings. The van der Waals surface area contributed by atoms with E-state index in [9.17, 15) is 9.59 Å². The Balaban J connectivity index is 0.000000218. The summed E-state index contributed by atoms with van der Waals surface area (Å²) in [5, 5.41) is 8.76. The summed E-state index contributed by atoms with van der Waals surface area (Å²) in [6.45, 7) is 7.69. The molecule has 2 saturated heterocycles. The van der Waals surface area contributed by atoms with Crippen molar-refractivity contribution in [1.29, 1.82) is 0 Å². The highest BCUT2D eigenvalue weighted by molar-refractivity contribution is 5.92. The molecule has 2 aliphatic rings. The molecule has 0 amide bonds. The zero-order valence-electron chi connectivity index (χ0n) is 23.0. The Kier molecular flexibility index (Phi) is 12.5. The molecule has 0 saturated carbocycles. The summed E-state index contributed by atoms with van der Waals surface area (Å²) in [4.78, 5) is 23.1. The molecule has 2 fully saturated rings. The fourth-order valence-corrected chi connectivity index (χ4v) is 3.61. The van der Waals surface area contributed by atoms with E-state index < -0.39 is 0 Å². The normalized spacial score (nSPS) is 16.1. The van der Waals surface area contributed by atoms with E-state index in [0.29, 0.717) is 42.4 Å². The van der Waals surface area contributed by atoms with Gasteiger partial charge in [-0.3, -0.25) is 0 Å². The molecule has 0 atom stereocenters. The summed E-state index contributed by atoms with van der Waals surface area (Å²) in [5.74, 6) is 0.349. The third-order valence-electron chi connectivity index (χ3n) is 6.82. The number of aliphatic hydroxyl groups is 1. The van der Waals surface area contributed by atoms with Gasteiger partial charge in [-0.05, 0) is 37.1 Å². The van der Waals surface area contributed by atoms with Crippen LogP contribution in [0.5, 0.6) is 11.5 Å².